The van der Waals surface area contributed by atoms with Crippen molar-refractivity contribution in [2.24, 2.45) is 0 Å². The van der Waals surface area contributed by atoms with E-state index in [2.05, 4.69) is 26.1 Å². The Hall–Kier alpha value is -0.900. The summed E-state index contributed by atoms with van der Waals surface area (Å²) in [4.78, 5) is 0. The van der Waals surface area contributed by atoms with E-state index in [4.69, 9.17) is 0 Å². The Bertz CT molecular complexity index is 355. The minimum absolute atomic E-state index is 1.04. The van der Waals surface area contributed by atoms with Crippen LogP contribution in [0.5, 0.6) is 0 Å². The number of rotatable bonds is 0. The maximum absolute atomic E-state index is 4.03. The highest BCUT2D eigenvalue weighted by atomic mass is 79.9. The van der Waals surface area contributed by atoms with Gasteiger partial charge in [0.05, 0.1) is 16.9 Å². The first-order chi connectivity index (χ1) is 4.88. The largest absolute Gasteiger partial charge is 0.281 e. The van der Waals surface area contributed by atoms with Crippen LogP contribution >= 0.6 is 15.9 Å². The Kier molecular flexibility index (Phi) is 1.20. The number of aromatic nitrogens is 3. The first-order valence-corrected chi connectivity index (χ1v) is 3.67. The molecule has 0 unspecified atom stereocenters. The highest BCUT2D eigenvalue weighted by Gasteiger charge is 2.06. The van der Waals surface area contributed by atoms with Crippen molar-refractivity contribution in [2.75, 3.05) is 0 Å². The number of hydrogen-bond acceptors (Lipinski definition) is 1. The van der Waals surface area contributed by atoms with Gasteiger partial charge in [0.2, 0.25) is 0 Å². The molecular weight excluding hydrogens is 194 g/mol. The van der Waals surface area contributed by atoms with Gasteiger partial charge in [-0.05, 0) is 22.0 Å². The van der Waals surface area contributed by atoms with Gasteiger partial charge in [0, 0.05) is 15.8 Å². The summed E-state index contributed by atoms with van der Waals surface area (Å²) in [5.41, 5.74) is 1.04. The Balaban J connectivity index is 2.95. The Labute approximate surface area is 65.8 Å². The molecule has 0 saturated heterocycles. The number of aromatic amines is 1. The number of nitrogens with zero attached hydrogens (tertiary/aromatic N) is 2. The second kappa shape index (κ2) is 2.05. The van der Waals surface area contributed by atoms with Crippen molar-refractivity contribution in [2.45, 2.75) is 0 Å². The minimum atomic E-state index is 1.04. The molecule has 1 N–H and O–H groups in total. The molecule has 0 amide bonds. The number of halogens is 1. The van der Waals surface area contributed by atoms with Crippen LogP contribution in [0.25, 0.3) is 5.52 Å². The second-order valence-electron chi connectivity index (χ2n) is 1.94. The molecule has 0 aliphatic heterocycles. The molecule has 0 saturated carbocycles. The van der Waals surface area contributed by atoms with Crippen LogP contribution in [0, 0.1) is 0 Å². The molecule has 0 aromatic carbocycles. The van der Waals surface area contributed by atoms with Gasteiger partial charge in [-0.2, -0.15) is 0 Å². The van der Waals surface area contributed by atoms with Crippen molar-refractivity contribution in [1.29, 1.82) is 0 Å². The molecule has 0 aliphatic rings. The van der Waals surface area contributed by atoms with E-state index < -0.39 is 0 Å². The first-order valence-electron chi connectivity index (χ1n) is 2.88. The van der Waals surface area contributed by atoms with Gasteiger partial charge in [-0.3, -0.25) is 0 Å². The van der Waals surface area contributed by atoms with Gasteiger partial charge in [-0.1, -0.05) is 0 Å². The molecule has 50 valence electrons. The third-order valence-corrected chi connectivity index (χ3v) is 1.98. The highest BCUT2D eigenvalue weighted by Crippen LogP contribution is 2.10. The van der Waals surface area contributed by atoms with E-state index in [1.807, 2.05) is 18.3 Å². The van der Waals surface area contributed by atoms with Crippen LogP contribution in [-0.2, 0) is 0 Å². The lowest BCUT2D eigenvalue weighted by atomic mass is 10.5. The number of nitrogens with one attached hydrogen (secondary N) is 1. The normalized spacial score (nSPS) is 10.5. The number of fused-ring (bicyclic) bond motifs is 1. The quantitative estimate of drug-likeness (QED) is 0.628. The average molecular weight is 199 g/mol. The molecule has 2 heterocycles. The molecule has 0 aliphatic carbocycles. The fraction of sp³-hybridized carbons (Fsp3) is 0. The highest BCUT2D eigenvalue weighted by molar-refractivity contribution is 9.10. The predicted molar refractivity (Wildman–Crippen MR) is 39.4 cm³/mol. The molecule has 3 nitrogen and oxygen atoms in total. The molecule has 0 atom stereocenters. The summed E-state index contributed by atoms with van der Waals surface area (Å²) in [6, 6.07) is 3.86. The van der Waals surface area contributed by atoms with Gasteiger partial charge in [0.25, 0.3) is 5.52 Å². The van der Waals surface area contributed by atoms with Crippen molar-refractivity contribution < 1.29 is 4.63 Å². The van der Waals surface area contributed by atoms with Crippen LogP contribution < -0.4 is 4.63 Å². The molecule has 0 spiro atoms. The molecule has 2 aromatic rings. The summed E-state index contributed by atoms with van der Waals surface area (Å²) in [5.74, 6) is 0. The summed E-state index contributed by atoms with van der Waals surface area (Å²) in [5, 5.41) is 6.97. The Morgan fingerprint density at radius 3 is 3.20 bits per heavy atom. The maximum atomic E-state index is 4.03. The fourth-order valence-corrected chi connectivity index (χ4v) is 1.27. The smallest absolute Gasteiger partial charge is 0.142 e. The molecule has 2 aromatic heterocycles. The Morgan fingerprint density at radius 1 is 1.50 bits per heavy atom. The molecule has 4 heteroatoms. The SMILES string of the molecule is Brc1ccn[n+]2[nH]ccc12. The lowest BCUT2D eigenvalue weighted by Gasteiger charge is -1.80. The van der Waals surface area contributed by atoms with Crippen LogP contribution in [0.1, 0.15) is 0 Å². The summed E-state index contributed by atoms with van der Waals surface area (Å²) >= 11 is 3.40. The first kappa shape index (κ1) is 5.85. The third-order valence-electron chi connectivity index (χ3n) is 1.31. The zero-order valence-corrected chi connectivity index (χ0v) is 6.67. The summed E-state index contributed by atoms with van der Waals surface area (Å²) in [6.07, 6.45) is 3.57. The van der Waals surface area contributed by atoms with Crippen LogP contribution in [0.4, 0.5) is 0 Å². The van der Waals surface area contributed by atoms with Gasteiger partial charge < -0.3 is 0 Å². The molecule has 2 rings (SSSR count). The number of hydrogen-bond donors (Lipinski definition) is 1. The van der Waals surface area contributed by atoms with Gasteiger partial charge in [-0.25, -0.2) is 0 Å². The van der Waals surface area contributed by atoms with Crippen LogP contribution in [-0.4, -0.2) is 10.2 Å². The molecular formula is C6H5BrN3+. The lowest BCUT2D eigenvalue weighted by molar-refractivity contribution is -0.640. The minimum Gasteiger partial charge on any atom is -0.142 e. The van der Waals surface area contributed by atoms with Gasteiger partial charge in [-0.15, -0.1) is 5.10 Å². The topological polar surface area (TPSA) is 32.8 Å². The molecule has 10 heavy (non-hydrogen) atoms. The zero-order valence-electron chi connectivity index (χ0n) is 5.08. The number of H-pyrrole nitrogens is 1. The second-order valence-corrected chi connectivity index (χ2v) is 2.79. The van der Waals surface area contributed by atoms with Crippen molar-refractivity contribution in [3.8, 4) is 0 Å². The standard InChI is InChI=1S/C6H4BrN3/c7-5-1-3-8-10-6(5)2-4-9-10/h1-4H/p+1. The molecule has 0 bridgehead atoms. The zero-order chi connectivity index (χ0) is 6.97. The van der Waals surface area contributed by atoms with E-state index >= 15 is 0 Å². The van der Waals surface area contributed by atoms with E-state index in [9.17, 15) is 0 Å². The van der Waals surface area contributed by atoms with E-state index in [1.165, 1.54) is 0 Å². The van der Waals surface area contributed by atoms with E-state index in [0.29, 0.717) is 0 Å². The molecule has 0 fully saturated rings. The molecule has 0 radical (unpaired) electrons. The van der Waals surface area contributed by atoms with E-state index in [1.54, 1.807) is 10.8 Å². The third kappa shape index (κ3) is 0.724. The van der Waals surface area contributed by atoms with Crippen molar-refractivity contribution in [3.05, 3.63) is 29.0 Å². The van der Waals surface area contributed by atoms with E-state index in [-0.39, 0.29) is 0 Å². The van der Waals surface area contributed by atoms with Gasteiger partial charge >= 0.3 is 0 Å². The van der Waals surface area contributed by atoms with Gasteiger partial charge in [0.15, 0.2) is 0 Å². The van der Waals surface area contributed by atoms with Crippen molar-refractivity contribution in [3.63, 3.8) is 0 Å². The Morgan fingerprint density at radius 2 is 2.40 bits per heavy atom. The van der Waals surface area contributed by atoms with Gasteiger partial charge in [0.1, 0.15) is 0 Å². The van der Waals surface area contributed by atoms with Crippen LogP contribution in [0.3, 0.4) is 0 Å². The van der Waals surface area contributed by atoms with Crippen LogP contribution in [0.2, 0.25) is 0 Å². The monoisotopic (exact) mass is 198 g/mol. The summed E-state index contributed by atoms with van der Waals surface area (Å²) in [7, 11) is 0. The fourth-order valence-electron chi connectivity index (χ4n) is 0.854. The summed E-state index contributed by atoms with van der Waals surface area (Å²) < 4.78 is 2.74. The summed E-state index contributed by atoms with van der Waals surface area (Å²) in [6.45, 7) is 0. The predicted octanol–water partition coefficient (Wildman–Crippen LogP) is 0.911. The maximum Gasteiger partial charge on any atom is 0.281 e. The van der Waals surface area contributed by atoms with Crippen LogP contribution in [0.15, 0.2) is 29.0 Å². The van der Waals surface area contributed by atoms with E-state index in [0.717, 1.165) is 9.99 Å². The van der Waals surface area contributed by atoms with Crippen molar-refractivity contribution >= 4 is 21.4 Å². The lowest BCUT2D eigenvalue weighted by Crippen LogP contribution is -2.27. The van der Waals surface area contributed by atoms with Crippen molar-refractivity contribution in [1.82, 2.24) is 10.2 Å². The average Bonchev–Trinajstić information content (AvgIpc) is 2.36.